The second-order valence-corrected chi connectivity index (χ2v) is 12.1. The number of carboxylic acids is 1. The standard InChI is InChI=1S/C27H40N2O4/c1-17(2)21-12-19-13-24(15-30)22-11-10-18(3)26(22,28)14-25(19,27(21,24)23(31)32)16-33-29-20-8-6-4-5-7-9-20/h12,15,17-19,22H,4-11,13-14,16,28H2,1-3H3,(H,31,32)/t18?,19?,22?,24?,25?,26-,27?/m0/s1. The molecule has 4 bridgehead atoms. The van der Waals surface area contributed by atoms with Gasteiger partial charge in [0.15, 0.2) is 0 Å². The predicted molar refractivity (Wildman–Crippen MR) is 127 cm³/mol. The number of carboxylic acid groups (broad SMARTS) is 1. The van der Waals surface area contributed by atoms with Gasteiger partial charge < -0.3 is 20.5 Å². The van der Waals surface area contributed by atoms with Crippen LogP contribution in [-0.2, 0) is 14.4 Å². The van der Waals surface area contributed by atoms with E-state index in [4.69, 9.17) is 10.6 Å². The van der Waals surface area contributed by atoms with Crippen molar-refractivity contribution in [2.75, 3.05) is 6.61 Å². The molecule has 0 aliphatic heterocycles. The first-order chi connectivity index (χ1) is 15.7. The highest BCUT2D eigenvalue weighted by Gasteiger charge is 2.86. The number of nitrogens with two attached hydrogens (primary N) is 1. The molecule has 0 heterocycles. The molecule has 5 aliphatic rings. The summed E-state index contributed by atoms with van der Waals surface area (Å²) in [5.74, 6) is -0.712. The Morgan fingerprint density at radius 2 is 1.97 bits per heavy atom. The van der Waals surface area contributed by atoms with Crippen molar-refractivity contribution in [2.24, 2.45) is 50.8 Å². The van der Waals surface area contributed by atoms with Gasteiger partial charge in [0.2, 0.25) is 0 Å². The maximum atomic E-state index is 13.4. The molecule has 3 N–H and O–H groups in total. The van der Waals surface area contributed by atoms with Crippen molar-refractivity contribution in [2.45, 2.75) is 90.5 Å². The Balaban J connectivity index is 1.62. The normalized spacial score (nSPS) is 46.0. The van der Waals surface area contributed by atoms with E-state index >= 15 is 0 Å². The number of carbonyl (C=O) groups excluding carboxylic acids is 1. The minimum atomic E-state index is -1.26. The van der Waals surface area contributed by atoms with E-state index in [-0.39, 0.29) is 30.3 Å². The predicted octanol–water partition coefficient (Wildman–Crippen LogP) is 4.72. The topological polar surface area (TPSA) is 102 Å². The molecule has 4 fully saturated rings. The molecule has 5 rings (SSSR count). The second-order valence-electron chi connectivity index (χ2n) is 12.1. The van der Waals surface area contributed by atoms with Gasteiger partial charge in [0, 0.05) is 11.0 Å². The fraction of sp³-hybridized carbons (Fsp3) is 0.815. The zero-order valence-electron chi connectivity index (χ0n) is 20.4. The van der Waals surface area contributed by atoms with Crippen molar-refractivity contribution in [1.82, 2.24) is 0 Å². The van der Waals surface area contributed by atoms with Crippen LogP contribution >= 0.6 is 0 Å². The number of fused-ring (bicyclic) bond motifs is 2. The van der Waals surface area contributed by atoms with Crippen LogP contribution < -0.4 is 5.73 Å². The summed E-state index contributed by atoms with van der Waals surface area (Å²) < 4.78 is 0. The Labute approximate surface area is 197 Å². The number of rotatable bonds is 6. The minimum absolute atomic E-state index is 0.0243. The number of aliphatic carboxylic acids is 1. The van der Waals surface area contributed by atoms with Crippen LogP contribution in [0.25, 0.3) is 0 Å². The molecule has 5 aliphatic carbocycles. The summed E-state index contributed by atoms with van der Waals surface area (Å²) in [7, 11) is 0. The maximum Gasteiger partial charge on any atom is 0.315 e. The quantitative estimate of drug-likeness (QED) is 0.261. The van der Waals surface area contributed by atoms with Crippen LogP contribution in [0.2, 0.25) is 0 Å². The van der Waals surface area contributed by atoms with Crippen molar-refractivity contribution in [3.63, 3.8) is 0 Å². The molecular formula is C27H40N2O4. The van der Waals surface area contributed by atoms with Crippen molar-refractivity contribution in [3.8, 4) is 0 Å². The fourth-order valence-corrected chi connectivity index (χ4v) is 9.23. The lowest BCUT2D eigenvalue weighted by atomic mass is 9.41. The molecule has 6 unspecified atom stereocenters. The van der Waals surface area contributed by atoms with Gasteiger partial charge in [0.05, 0.1) is 11.1 Å². The Hall–Kier alpha value is -1.69. The van der Waals surface area contributed by atoms with Crippen LogP contribution in [0, 0.1) is 39.9 Å². The highest BCUT2D eigenvalue weighted by Crippen LogP contribution is 2.82. The molecule has 6 nitrogen and oxygen atoms in total. The first kappa shape index (κ1) is 23.1. The van der Waals surface area contributed by atoms with Crippen molar-refractivity contribution >= 4 is 18.0 Å². The van der Waals surface area contributed by atoms with Crippen LogP contribution in [0.3, 0.4) is 0 Å². The zero-order valence-corrected chi connectivity index (χ0v) is 20.4. The minimum Gasteiger partial charge on any atom is -0.481 e. The first-order valence-electron chi connectivity index (χ1n) is 13.1. The van der Waals surface area contributed by atoms with E-state index in [0.717, 1.165) is 56.1 Å². The Morgan fingerprint density at radius 3 is 2.58 bits per heavy atom. The van der Waals surface area contributed by atoms with Crippen LogP contribution in [0.1, 0.15) is 85.0 Å². The molecule has 7 atom stereocenters. The lowest BCUT2D eigenvalue weighted by molar-refractivity contribution is -0.188. The number of hydrogen-bond donors (Lipinski definition) is 2. The zero-order chi connectivity index (χ0) is 23.6. The SMILES string of the molecule is CC(C)C1=CC2CC3(C=O)C4CCC(C)[C@@]4(N)CC2(CON=C2CCCCCC2)C13C(=O)O. The van der Waals surface area contributed by atoms with Crippen LogP contribution in [0.4, 0.5) is 0 Å². The molecule has 4 saturated carbocycles. The van der Waals surface area contributed by atoms with Crippen molar-refractivity contribution < 1.29 is 19.5 Å². The van der Waals surface area contributed by atoms with Gasteiger partial charge in [-0.05, 0) is 75.0 Å². The third-order valence-electron chi connectivity index (χ3n) is 10.6. The molecule has 0 aromatic rings. The van der Waals surface area contributed by atoms with Crippen LogP contribution in [0.15, 0.2) is 16.8 Å². The Morgan fingerprint density at radius 1 is 1.27 bits per heavy atom. The molecule has 0 amide bonds. The molecule has 0 saturated heterocycles. The summed E-state index contributed by atoms with van der Waals surface area (Å²) in [5.41, 5.74) is 5.64. The van der Waals surface area contributed by atoms with Gasteiger partial charge in [0.25, 0.3) is 0 Å². The van der Waals surface area contributed by atoms with Gasteiger partial charge in [-0.25, -0.2) is 0 Å². The summed E-state index contributed by atoms with van der Waals surface area (Å²) in [5, 5.41) is 15.6. The van der Waals surface area contributed by atoms with E-state index < -0.39 is 27.8 Å². The van der Waals surface area contributed by atoms with Crippen molar-refractivity contribution in [3.05, 3.63) is 11.6 Å². The molecular weight excluding hydrogens is 416 g/mol. The molecule has 6 heteroatoms. The average molecular weight is 457 g/mol. The summed E-state index contributed by atoms with van der Waals surface area (Å²) in [6.07, 6.45) is 12.7. The number of nitrogens with zero attached hydrogens (tertiary/aromatic N) is 1. The van der Waals surface area contributed by atoms with Gasteiger partial charge >= 0.3 is 5.97 Å². The Kier molecular flexibility index (Phi) is 5.35. The summed E-state index contributed by atoms with van der Waals surface area (Å²) >= 11 is 0. The third-order valence-corrected chi connectivity index (χ3v) is 10.6. The van der Waals surface area contributed by atoms with Gasteiger partial charge in [-0.3, -0.25) is 4.79 Å². The van der Waals surface area contributed by atoms with E-state index in [1.165, 1.54) is 12.8 Å². The average Bonchev–Trinajstić information content (AvgIpc) is 3.15. The fourth-order valence-electron chi connectivity index (χ4n) is 9.23. The largest absolute Gasteiger partial charge is 0.481 e. The lowest BCUT2D eigenvalue weighted by Crippen LogP contribution is -2.70. The number of allylic oxidation sites excluding steroid dienone is 1. The van der Waals surface area contributed by atoms with E-state index in [9.17, 15) is 14.7 Å². The number of aldehydes is 1. The first-order valence-corrected chi connectivity index (χ1v) is 13.1. The smallest absolute Gasteiger partial charge is 0.315 e. The third kappa shape index (κ3) is 2.67. The van der Waals surface area contributed by atoms with E-state index in [1.54, 1.807) is 0 Å². The highest BCUT2D eigenvalue weighted by atomic mass is 16.6. The lowest BCUT2D eigenvalue weighted by Gasteiger charge is -2.61. The van der Waals surface area contributed by atoms with Gasteiger partial charge in [0.1, 0.15) is 18.3 Å². The van der Waals surface area contributed by atoms with Crippen molar-refractivity contribution in [1.29, 1.82) is 0 Å². The highest BCUT2D eigenvalue weighted by molar-refractivity contribution is 5.90. The van der Waals surface area contributed by atoms with E-state index in [2.05, 4.69) is 32.0 Å². The molecule has 0 radical (unpaired) electrons. The molecule has 0 spiro atoms. The van der Waals surface area contributed by atoms with Gasteiger partial charge in [-0.1, -0.05) is 50.4 Å². The van der Waals surface area contributed by atoms with E-state index in [0.29, 0.717) is 12.8 Å². The monoisotopic (exact) mass is 456 g/mol. The van der Waals surface area contributed by atoms with Crippen LogP contribution in [-0.4, -0.2) is 35.2 Å². The Bertz CT molecular complexity index is 902. The second kappa shape index (κ2) is 7.66. The molecule has 0 aromatic carbocycles. The summed E-state index contributed by atoms with van der Waals surface area (Å²) in [6, 6.07) is 0. The van der Waals surface area contributed by atoms with Gasteiger partial charge in [-0.15, -0.1) is 0 Å². The molecule has 182 valence electrons. The molecule has 0 aromatic heterocycles. The summed E-state index contributed by atoms with van der Waals surface area (Å²) in [4.78, 5) is 32.6. The van der Waals surface area contributed by atoms with Crippen LogP contribution in [0.5, 0.6) is 0 Å². The number of hydrogen-bond acceptors (Lipinski definition) is 5. The number of oxime groups is 1. The molecule has 33 heavy (non-hydrogen) atoms. The number of carbonyl (C=O) groups is 2. The summed E-state index contributed by atoms with van der Waals surface area (Å²) in [6.45, 7) is 6.50. The van der Waals surface area contributed by atoms with E-state index in [1.807, 2.05) is 0 Å². The maximum absolute atomic E-state index is 13.4. The van der Waals surface area contributed by atoms with Gasteiger partial charge in [-0.2, -0.15) is 0 Å².